The van der Waals surface area contributed by atoms with E-state index in [0.29, 0.717) is 0 Å². The lowest BCUT2D eigenvalue weighted by molar-refractivity contribution is -0.275. The Morgan fingerprint density at radius 3 is 2.62 bits per heavy atom. The molecule has 9 heteroatoms. The van der Waals surface area contributed by atoms with E-state index in [1.807, 2.05) is 0 Å². The van der Waals surface area contributed by atoms with Crippen LogP contribution in [0.15, 0.2) is 29.2 Å². The first-order valence-corrected chi connectivity index (χ1v) is 7.60. The summed E-state index contributed by atoms with van der Waals surface area (Å²) in [7, 11) is -4.09. The van der Waals surface area contributed by atoms with Gasteiger partial charge in [0, 0.05) is 12.6 Å². The van der Waals surface area contributed by atoms with Gasteiger partial charge in [0.05, 0.1) is 13.2 Å². The van der Waals surface area contributed by atoms with Gasteiger partial charge in [0.25, 0.3) is 0 Å². The number of hydrogen-bond acceptors (Lipinski definition) is 4. The average molecular weight is 325 g/mol. The third kappa shape index (κ3) is 3.66. The molecule has 0 aromatic heterocycles. The Morgan fingerprint density at radius 1 is 1.33 bits per heavy atom. The molecule has 1 aromatic rings. The lowest BCUT2D eigenvalue weighted by Gasteiger charge is -2.32. The SMILES string of the molecule is C[C@@H]1COCCN1S(=O)(=O)c1ccccc1OC(F)(F)F. The molecule has 0 amide bonds. The van der Waals surface area contributed by atoms with Gasteiger partial charge in [-0.05, 0) is 19.1 Å². The highest BCUT2D eigenvalue weighted by molar-refractivity contribution is 7.89. The fraction of sp³-hybridized carbons (Fsp3) is 0.500. The number of morpholine rings is 1. The molecule has 1 aliphatic heterocycles. The molecule has 1 heterocycles. The molecule has 1 aromatic carbocycles. The fourth-order valence-corrected chi connectivity index (χ4v) is 3.78. The Balaban J connectivity index is 2.40. The van der Waals surface area contributed by atoms with Crippen molar-refractivity contribution >= 4 is 10.0 Å². The molecular formula is C12H14F3NO4S. The van der Waals surface area contributed by atoms with Crippen LogP contribution in [0.3, 0.4) is 0 Å². The molecule has 0 radical (unpaired) electrons. The summed E-state index contributed by atoms with van der Waals surface area (Å²) in [5.41, 5.74) is 0. The number of hydrogen-bond donors (Lipinski definition) is 0. The number of halogens is 3. The van der Waals surface area contributed by atoms with Crippen LogP contribution in [0.5, 0.6) is 5.75 Å². The van der Waals surface area contributed by atoms with Gasteiger partial charge in [-0.2, -0.15) is 4.31 Å². The second-order valence-corrected chi connectivity index (χ2v) is 6.39. The number of rotatable bonds is 3. The maximum Gasteiger partial charge on any atom is 0.573 e. The molecule has 1 fully saturated rings. The second-order valence-electron chi connectivity index (χ2n) is 4.53. The molecule has 0 saturated carbocycles. The van der Waals surface area contributed by atoms with Crippen LogP contribution >= 0.6 is 0 Å². The van der Waals surface area contributed by atoms with E-state index in [9.17, 15) is 21.6 Å². The predicted molar refractivity (Wildman–Crippen MR) is 67.3 cm³/mol. The zero-order valence-electron chi connectivity index (χ0n) is 11.1. The molecule has 0 unspecified atom stereocenters. The summed E-state index contributed by atoms with van der Waals surface area (Å²) in [5.74, 6) is -0.733. The molecule has 21 heavy (non-hydrogen) atoms. The first-order chi connectivity index (χ1) is 9.72. The molecular weight excluding hydrogens is 311 g/mol. The van der Waals surface area contributed by atoms with Gasteiger partial charge >= 0.3 is 6.36 Å². The third-order valence-corrected chi connectivity index (χ3v) is 5.02. The standard InChI is InChI=1S/C12H14F3NO4S/c1-9-8-19-7-6-16(9)21(17,18)11-5-3-2-4-10(11)20-12(13,14)15/h2-5,9H,6-8H2,1H3/t9-/m1/s1. The van der Waals surface area contributed by atoms with E-state index < -0.39 is 33.1 Å². The molecule has 1 aliphatic rings. The Labute approximate surface area is 120 Å². The summed E-state index contributed by atoms with van der Waals surface area (Å²) in [6.45, 7) is 2.11. The number of nitrogens with zero attached hydrogens (tertiary/aromatic N) is 1. The van der Waals surface area contributed by atoms with Gasteiger partial charge in [-0.15, -0.1) is 13.2 Å². The fourth-order valence-electron chi connectivity index (χ4n) is 2.07. The smallest absolute Gasteiger partial charge is 0.404 e. The Bertz CT molecular complexity index is 603. The molecule has 1 saturated heterocycles. The van der Waals surface area contributed by atoms with Crippen molar-refractivity contribution in [3.63, 3.8) is 0 Å². The summed E-state index contributed by atoms with van der Waals surface area (Å²) >= 11 is 0. The van der Waals surface area contributed by atoms with E-state index in [4.69, 9.17) is 4.74 Å². The number of para-hydroxylation sites is 1. The van der Waals surface area contributed by atoms with Gasteiger partial charge in [0.1, 0.15) is 10.6 Å². The molecule has 0 aliphatic carbocycles. The van der Waals surface area contributed by atoms with Crippen molar-refractivity contribution < 1.29 is 31.1 Å². The second kappa shape index (κ2) is 5.82. The van der Waals surface area contributed by atoms with E-state index in [0.717, 1.165) is 16.4 Å². The maximum atomic E-state index is 12.5. The highest BCUT2D eigenvalue weighted by Crippen LogP contribution is 2.32. The molecule has 0 spiro atoms. The third-order valence-electron chi connectivity index (χ3n) is 2.97. The van der Waals surface area contributed by atoms with Crippen molar-refractivity contribution in [3.8, 4) is 5.75 Å². The highest BCUT2D eigenvalue weighted by Gasteiger charge is 2.37. The van der Waals surface area contributed by atoms with Gasteiger partial charge in [0.15, 0.2) is 0 Å². The first kappa shape index (κ1) is 16.1. The number of ether oxygens (including phenoxy) is 2. The van der Waals surface area contributed by atoms with Crippen molar-refractivity contribution in [2.75, 3.05) is 19.8 Å². The van der Waals surface area contributed by atoms with Crippen LogP contribution in [0.4, 0.5) is 13.2 Å². The zero-order chi connectivity index (χ0) is 15.7. The minimum atomic E-state index is -4.96. The molecule has 1 atom stereocenters. The summed E-state index contributed by atoms with van der Waals surface area (Å²) in [4.78, 5) is -0.504. The minimum absolute atomic E-state index is 0.0872. The Hall–Kier alpha value is -1.32. The monoisotopic (exact) mass is 325 g/mol. The van der Waals surface area contributed by atoms with E-state index in [2.05, 4.69) is 4.74 Å². The maximum absolute atomic E-state index is 12.5. The van der Waals surface area contributed by atoms with Crippen LogP contribution < -0.4 is 4.74 Å². The number of sulfonamides is 1. The first-order valence-electron chi connectivity index (χ1n) is 6.16. The summed E-state index contributed by atoms with van der Waals surface area (Å²) in [6.07, 6.45) is -4.96. The van der Waals surface area contributed by atoms with Crippen molar-refractivity contribution in [3.05, 3.63) is 24.3 Å². The van der Waals surface area contributed by atoms with E-state index >= 15 is 0 Å². The largest absolute Gasteiger partial charge is 0.573 e. The normalized spacial score (nSPS) is 21.2. The lowest BCUT2D eigenvalue weighted by atomic mass is 10.3. The van der Waals surface area contributed by atoms with Gasteiger partial charge in [0.2, 0.25) is 10.0 Å². The number of benzene rings is 1. The molecule has 118 valence electrons. The van der Waals surface area contributed by atoms with Crippen molar-refractivity contribution in [1.82, 2.24) is 4.31 Å². The van der Waals surface area contributed by atoms with Gasteiger partial charge in [-0.3, -0.25) is 0 Å². The summed E-state index contributed by atoms with van der Waals surface area (Å²) in [6, 6.07) is 4.25. The molecule has 5 nitrogen and oxygen atoms in total. The van der Waals surface area contributed by atoms with Crippen LogP contribution in [0, 0.1) is 0 Å². The zero-order valence-corrected chi connectivity index (χ0v) is 11.9. The van der Waals surface area contributed by atoms with Crippen LogP contribution in [0.25, 0.3) is 0 Å². The van der Waals surface area contributed by atoms with E-state index in [-0.39, 0.29) is 19.8 Å². The van der Waals surface area contributed by atoms with Crippen LogP contribution in [0.1, 0.15) is 6.92 Å². The van der Waals surface area contributed by atoms with Gasteiger partial charge in [-0.25, -0.2) is 8.42 Å². The predicted octanol–water partition coefficient (Wildman–Crippen LogP) is 1.99. The van der Waals surface area contributed by atoms with Crippen LogP contribution in [-0.2, 0) is 14.8 Å². The quantitative estimate of drug-likeness (QED) is 0.853. The molecule has 0 bridgehead atoms. The summed E-state index contributed by atoms with van der Waals surface area (Å²) in [5, 5.41) is 0. The van der Waals surface area contributed by atoms with Gasteiger partial charge < -0.3 is 9.47 Å². The van der Waals surface area contributed by atoms with Crippen LogP contribution in [0.2, 0.25) is 0 Å². The molecule has 2 rings (SSSR count). The minimum Gasteiger partial charge on any atom is -0.404 e. The van der Waals surface area contributed by atoms with Crippen LogP contribution in [-0.4, -0.2) is 44.9 Å². The highest BCUT2D eigenvalue weighted by atomic mass is 32.2. The van der Waals surface area contributed by atoms with Crippen molar-refractivity contribution in [2.24, 2.45) is 0 Å². The van der Waals surface area contributed by atoms with E-state index in [1.165, 1.54) is 12.1 Å². The van der Waals surface area contributed by atoms with E-state index in [1.54, 1.807) is 6.92 Å². The Morgan fingerprint density at radius 2 is 2.00 bits per heavy atom. The lowest BCUT2D eigenvalue weighted by Crippen LogP contribution is -2.47. The number of alkyl halides is 3. The average Bonchev–Trinajstić information content (AvgIpc) is 2.37. The topological polar surface area (TPSA) is 55.8 Å². The van der Waals surface area contributed by atoms with Crippen molar-refractivity contribution in [2.45, 2.75) is 24.2 Å². The summed E-state index contributed by atoms with van der Waals surface area (Å²) < 4.78 is 72.3. The molecule has 0 N–H and O–H groups in total. The Kier molecular flexibility index (Phi) is 4.45. The van der Waals surface area contributed by atoms with Crippen molar-refractivity contribution in [1.29, 1.82) is 0 Å². The van der Waals surface area contributed by atoms with Gasteiger partial charge in [-0.1, -0.05) is 12.1 Å².